The number of nitrogens with zero attached hydrogens (tertiary/aromatic N) is 1. The molecule has 0 aliphatic carbocycles. The van der Waals surface area contributed by atoms with Gasteiger partial charge in [0.2, 0.25) is 11.8 Å². The van der Waals surface area contributed by atoms with E-state index in [1.54, 1.807) is 12.1 Å². The van der Waals surface area contributed by atoms with Crippen LogP contribution in [0, 0.1) is 5.82 Å². The second kappa shape index (κ2) is 8.30. The van der Waals surface area contributed by atoms with E-state index in [0.717, 1.165) is 12.0 Å². The van der Waals surface area contributed by atoms with Crippen LogP contribution in [0.25, 0.3) is 0 Å². The number of hydrogen-bond acceptors (Lipinski definition) is 2. The number of carbonyl (C=O) groups is 2. The van der Waals surface area contributed by atoms with E-state index in [1.807, 2.05) is 6.92 Å². The Kier molecular flexibility index (Phi) is 6.70. The van der Waals surface area contributed by atoms with Crippen LogP contribution in [0.15, 0.2) is 24.3 Å². The molecule has 0 fully saturated rings. The van der Waals surface area contributed by atoms with Crippen molar-refractivity contribution in [3.63, 3.8) is 0 Å². The van der Waals surface area contributed by atoms with Gasteiger partial charge in [0, 0.05) is 20.0 Å². The molecule has 0 heterocycles. The molecule has 5 heteroatoms. The highest BCUT2D eigenvalue weighted by molar-refractivity contribution is 5.83. The van der Waals surface area contributed by atoms with Crippen LogP contribution in [-0.4, -0.2) is 36.3 Å². The fourth-order valence-electron chi connectivity index (χ4n) is 1.76. The Morgan fingerprint density at radius 3 is 2.45 bits per heavy atom. The summed E-state index contributed by atoms with van der Waals surface area (Å²) in [5.41, 5.74) is 0.937. The second-order valence-electron chi connectivity index (χ2n) is 4.67. The van der Waals surface area contributed by atoms with E-state index in [-0.39, 0.29) is 24.2 Å². The minimum Gasteiger partial charge on any atom is -0.355 e. The first kappa shape index (κ1) is 16.1. The Morgan fingerprint density at radius 1 is 1.25 bits per heavy atom. The maximum atomic E-state index is 12.8. The Balaban J connectivity index is 2.48. The van der Waals surface area contributed by atoms with Crippen LogP contribution in [0.3, 0.4) is 0 Å². The summed E-state index contributed by atoms with van der Waals surface area (Å²) in [5, 5.41) is 2.74. The number of nitrogens with one attached hydrogen (secondary N) is 1. The number of amides is 2. The molecule has 0 saturated heterocycles. The Labute approximate surface area is 119 Å². The van der Waals surface area contributed by atoms with Crippen molar-refractivity contribution in [3.05, 3.63) is 35.6 Å². The summed E-state index contributed by atoms with van der Waals surface area (Å²) in [6.07, 6.45) is 1.46. The molecule has 0 aliphatic rings. The molecule has 20 heavy (non-hydrogen) atoms. The van der Waals surface area contributed by atoms with Crippen molar-refractivity contribution in [3.8, 4) is 0 Å². The highest BCUT2D eigenvalue weighted by Gasteiger charge is 2.13. The molecule has 0 unspecified atom stereocenters. The molecule has 0 spiro atoms. The van der Waals surface area contributed by atoms with Crippen LogP contribution >= 0.6 is 0 Å². The fraction of sp³-hybridized carbons (Fsp3) is 0.467. The first-order valence-corrected chi connectivity index (χ1v) is 6.79. The molecule has 0 aliphatic heterocycles. The van der Waals surface area contributed by atoms with Crippen molar-refractivity contribution in [1.29, 1.82) is 0 Å². The minimum absolute atomic E-state index is 0.0660. The number of hydrogen-bond donors (Lipinski definition) is 1. The van der Waals surface area contributed by atoms with E-state index in [1.165, 1.54) is 24.0 Å². The summed E-state index contributed by atoms with van der Waals surface area (Å²) in [6.45, 7) is 4.54. The summed E-state index contributed by atoms with van der Waals surface area (Å²) in [7, 11) is 0. The lowest BCUT2D eigenvalue weighted by Crippen LogP contribution is -2.40. The van der Waals surface area contributed by atoms with E-state index in [2.05, 4.69) is 5.32 Å². The van der Waals surface area contributed by atoms with Gasteiger partial charge in [-0.3, -0.25) is 9.59 Å². The lowest BCUT2D eigenvalue weighted by atomic mass is 10.1. The van der Waals surface area contributed by atoms with E-state index in [9.17, 15) is 14.0 Å². The third-order valence-corrected chi connectivity index (χ3v) is 2.94. The van der Waals surface area contributed by atoms with Gasteiger partial charge in [-0.05, 0) is 30.5 Å². The first-order valence-electron chi connectivity index (χ1n) is 6.79. The molecule has 2 amide bonds. The van der Waals surface area contributed by atoms with E-state index < -0.39 is 0 Å². The van der Waals surface area contributed by atoms with Crippen LogP contribution in [0.4, 0.5) is 4.39 Å². The predicted octanol–water partition coefficient (Wildman–Crippen LogP) is 1.74. The maximum absolute atomic E-state index is 12.8. The van der Waals surface area contributed by atoms with E-state index in [0.29, 0.717) is 19.5 Å². The Bertz CT molecular complexity index is 446. The van der Waals surface area contributed by atoms with Crippen LogP contribution in [-0.2, 0) is 16.0 Å². The largest absolute Gasteiger partial charge is 0.355 e. The maximum Gasteiger partial charge on any atom is 0.239 e. The molecule has 1 aromatic carbocycles. The van der Waals surface area contributed by atoms with Gasteiger partial charge in [-0.1, -0.05) is 19.1 Å². The highest BCUT2D eigenvalue weighted by Crippen LogP contribution is 2.04. The van der Waals surface area contributed by atoms with Crippen molar-refractivity contribution in [2.45, 2.75) is 26.7 Å². The summed E-state index contributed by atoms with van der Waals surface area (Å²) >= 11 is 0. The average Bonchev–Trinajstić information content (AvgIpc) is 2.42. The van der Waals surface area contributed by atoms with Gasteiger partial charge in [-0.15, -0.1) is 0 Å². The lowest BCUT2D eigenvalue weighted by Gasteiger charge is -2.20. The molecule has 4 nitrogen and oxygen atoms in total. The third kappa shape index (κ3) is 5.82. The molecule has 0 radical (unpaired) electrons. The highest BCUT2D eigenvalue weighted by atomic mass is 19.1. The molecule has 110 valence electrons. The topological polar surface area (TPSA) is 49.4 Å². The van der Waals surface area contributed by atoms with Gasteiger partial charge < -0.3 is 10.2 Å². The standard InChI is InChI=1S/C15H21FN2O2/c1-3-9-17-15(20)11-18(12(2)19)10-8-13-4-6-14(16)7-5-13/h4-7H,3,8-11H2,1-2H3,(H,17,20). The second-order valence-corrected chi connectivity index (χ2v) is 4.67. The van der Waals surface area contributed by atoms with Crippen molar-refractivity contribution < 1.29 is 14.0 Å². The Morgan fingerprint density at radius 2 is 1.90 bits per heavy atom. The summed E-state index contributed by atoms with van der Waals surface area (Å²) in [6, 6.07) is 6.15. The number of halogens is 1. The molecule has 0 atom stereocenters. The van der Waals surface area contributed by atoms with Gasteiger partial charge >= 0.3 is 0 Å². The Hall–Kier alpha value is -1.91. The van der Waals surface area contributed by atoms with E-state index in [4.69, 9.17) is 0 Å². The van der Waals surface area contributed by atoms with Gasteiger partial charge in [-0.2, -0.15) is 0 Å². The van der Waals surface area contributed by atoms with Crippen molar-refractivity contribution in [2.75, 3.05) is 19.6 Å². The normalized spacial score (nSPS) is 10.2. The van der Waals surface area contributed by atoms with Gasteiger partial charge in [-0.25, -0.2) is 4.39 Å². The number of benzene rings is 1. The average molecular weight is 280 g/mol. The minimum atomic E-state index is -0.281. The van der Waals surface area contributed by atoms with Crippen LogP contribution in [0.5, 0.6) is 0 Å². The van der Waals surface area contributed by atoms with Gasteiger partial charge in [0.05, 0.1) is 6.54 Å². The van der Waals surface area contributed by atoms with E-state index >= 15 is 0 Å². The zero-order valence-corrected chi connectivity index (χ0v) is 12.0. The van der Waals surface area contributed by atoms with Crippen LogP contribution in [0.1, 0.15) is 25.8 Å². The smallest absolute Gasteiger partial charge is 0.239 e. The first-order chi connectivity index (χ1) is 9.52. The fourth-order valence-corrected chi connectivity index (χ4v) is 1.76. The zero-order valence-electron chi connectivity index (χ0n) is 12.0. The third-order valence-electron chi connectivity index (χ3n) is 2.94. The van der Waals surface area contributed by atoms with Crippen molar-refractivity contribution >= 4 is 11.8 Å². The quantitative estimate of drug-likeness (QED) is 0.827. The lowest BCUT2D eigenvalue weighted by molar-refractivity contribution is -0.134. The molecular formula is C15H21FN2O2. The van der Waals surface area contributed by atoms with Crippen LogP contribution < -0.4 is 5.32 Å². The molecule has 1 N–H and O–H groups in total. The van der Waals surface area contributed by atoms with Crippen molar-refractivity contribution in [2.24, 2.45) is 0 Å². The number of carbonyl (C=O) groups excluding carboxylic acids is 2. The molecule has 1 aromatic rings. The van der Waals surface area contributed by atoms with Gasteiger partial charge in [0.25, 0.3) is 0 Å². The molecule has 0 aromatic heterocycles. The molecule has 1 rings (SSSR count). The zero-order chi connectivity index (χ0) is 15.0. The molecular weight excluding hydrogens is 259 g/mol. The predicted molar refractivity (Wildman–Crippen MR) is 75.7 cm³/mol. The molecule has 0 bridgehead atoms. The van der Waals surface area contributed by atoms with Gasteiger partial charge in [0.15, 0.2) is 0 Å². The van der Waals surface area contributed by atoms with Gasteiger partial charge in [0.1, 0.15) is 5.82 Å². The van der Waals surface area contributed by atoms with Crippen molar-refractivity contribution in [1.82, 2.24) is 10.2 Å². The summed E-state index contributed by atoms with van der Waals surface area (Å²) in [4.78, 5) is 24.6. The SMILES string of the molecule is CCCNC(=O)CN(CCc1ccc(F)cc1)C(C)=O. The summed E-state index contributed by atoms with van der Waals surface area (Å²) in [5.74, 6) is -0.573. The number of rotatable bonds is 7. The molecule has 0 saturated carbocycles. The van der Waals surface area contributed by atoms with Crippen LogP contribution in [0.2, 0.25) is 0 Å². The summed E-state index contributed by atoms with van der Waals surface area (Å²) < 4.78 is 12.8. The monoisotopic (exact) mass is 280 g/mol.